The van der Waals surface area contributed by atoms with Crippen molar-refractivity contribution in [3.63, 3.8) is 0 Å². The first-order valence-electron chi connectivity index (χ1n) is 10.5. The molecule has 5 heteroatoms. The highest BCUT2D eigenvalue weighted by atomic mass is 16.2. The molecule has 1 fully saturated rings. The number of rotatable bonds is 6. The third-order valence-electron chi connectivity index (χ3n) is 5.57. The Morgan fingerprint density at radius 2 is 1.83 bits per heavy atom. The molecule has 1 saturated heterocycles. The van der Waals surface area contributed by atoms with Crippen LogP contribution in [0.1, 0.15) is 49.8 Å². The van der Waals surface area contributed by atoms with Gasteiger partial charge >= 0.3 is 6.03 Å². The van der Waals surface area contributed by atoms with Gasteiger partial charge in [0.05, 0.1) is 6.04 Å². The van der Waals surface area contributed by atoms with Gasteiger partial charge < -0.3 is 15.5 Å². The number of anilines is 1. The molecule has 0 radical (unpaired) electrons. The second-order valence-corrected chi connectivity index (χ2v) is 7.99. The highest BCUT2D eigenvalue weighted by Gasteiger charge is 2.24. The lowest BCUT2D eigenvalue weighted by Gasteiger charge is -2.32. The van der Waals surface area contributed by atoms with Crippen LogP contribution in [0.5, 0.6) is 0 Å². The van der Waals surface area contributed by atoms with Gasteiger partial charge in [-0.25, -0.2) is 4.79 Å². The van der Waals surface area contributed by atoms with Crippen LogP contribution >= 0.6 is 0 Å². The summed E-state index contributed by atoms with van der Waals surface area (Å²) in [6, 6.07) is 17.8. The zero-order valence-electron chi connectivity index (χ0n) is 17.4. The number of nitrogens with one attached hydrogen (secondary N) is 2. The molecule has 0 unspecified atom stereocenters. The normalized spacial score (nSPS) is 17.4. The lowest BCUT2D eigenvalue weighted by Crippen LogP contribution is -2.42. The van der Waals surface area contributed by atoms with Crippen LogP contribution in [0.15, 0.2) is 54.6 Å². The van der Waals surface area contributed by atoms with Crippen molar-refractivity contribution in [2.45, 2.75) is 45.6 Å². The zero-order valence-corrected chi connectivity index (χ0v) is 17.4. The molecule has 0 aromatic heterocycles. The van der Waals surface area contributed by atoms with E-state index in [-0.39, 0.29) is 18.0 Å². The summed E-state index contributed by atoms with van der Waals surface area (Å²) in [5.41, 5.74) is 3.09. The number of hydrogen-bond acceptors (Lipinski definition) is 2. The average molecular weight is 394 g/mol. The Labute approximate surface area is 173 Å². The van der Waals surface area contributed by atoms with Gasteiger partial charge in [-0.3, -0.25) is 4.79 Å². The van der Waals surface area contributed by atoms with Crippen LogP contribution in [0, 0.1) is 12.8 Å². The standard InChI is InChI=1S/C24H31N3O2/c1-18-10-13-22(14-11-18)26-24(29)27-16-6-7-20(17-27)12-15-23(28)25-19(2)21-8-4-3-5-9-21/h3-5,8-11,13-14,19-20H,6-7,12,15-17H2,1-2H3,(H,25,28)(H,26,29)/t19-,20-/m1/s1. The number of piperidine rings is 1. The van der Waals surface area contributed by atoms with Crippen molar-refractivity contribution in [2.24, 2.45) is 5.92 Å². The molecule has 3 amide bonds. The maximum Gasteiger partial charge on any atom is 0.321 e. The molecule has 2 atom stereocenters. The van der Waals surface area contributed by atoms with Crippen LogP contribution in [0.25, 0.3) is 0 Å². The van der Waals surface area contributed by atoms with Crippen molar-refractivity contribution >= 4 is 17.6 Å². The third-order valence-corrected chi connectivity index (χ3v) is 5.57. The Bertz CT molecular complexity index is 805. The molecule has 3 rings (SSSR count). The number of aryl methyl sites for hydroxylation is 1. The second kappa shape index (κ2) is 10.1. The number of nitrogens with zero attached hydrogens (tertiary/aromatic N) is 1. The molecule has 1 aliphatic heterocycles. The summed E-state index contributed by atoms with van der Waals surface area (Å²) in [5.74, 6) is 0.438. The second-order valence-electron chi connectivity index (χ2n) is 7.99. The van der Waals surface area contributed by atoms with Crippen LogP contribution in [0.4, 0.5) is 10.5 Å². The topological polar surface area (TPSA) is 61.4 Å². The minimum Gasteiger partial charge on any atom is -0.350 e. The average Bonchev–Trinajstić information content (AvgIpc) is 2.74. The molecule has 29 heavy (non-hydrogen) atoms. The van der Waals surface area contributed by atoms with Crippen molar-refractivity contribution in [3.05, 3.63) is 65.7 Å². The molecule has 2 N–H and O–H groups in total. The zero-order chi connectivity index (χ0) is 20.6. The van der Waals surface area contributed by atoms with Gasteiger partial charge in [-0.1, -0.05) is 48.0 Å². The van der Waals surface area contributed by atoms with E-state index in [2.05, 4.69) is 10.6 Å². The van der Waals surface area contributed by atoms with Crippen LogP contribution in [-0.2, 0) is 4.79 Å². The van der Waals surface area contributed by atoms with Crippen LogP contribution < -0.4 is 10.6 Å². The Kier molecular flexibility index (Phi) is 7.28. The summed E-state index contributed by atoms with van der Waals surface area (Å²) in [4.78, 5) is 26.8. The molecular formula is C24H31N3O2. The van der Waals surface area contributed by atoms with E-state index in [4.69, 9.17) is 0 Å². The van der Waals surface area contributed by atoms with Gasteiger partial charge in [0.2, 0.25) is 5.91 Å². The molecule has 2 aromatic carbocycles. The first-order chi connectivity index (χ1) is 14.0. The number of benzene rings is 2. The van der Waals surface area contributed by atoms with Crippen LogP contribution in [-0.4, -0.2) is 29.9 Å². The maximum absolute atomic E-state index is 12.6. The van der Waals surface area contributed by atoms with Crippen molar-refractivity contribution in [2.75, 3.05) is 18.4 Å². The first-order valence-corrected chi connectivity index (χ1v) is 10.5. The lowest BCUT2D eigenvalue weighted by molar-refractivity contribution is -0.122. The number of hydrogen-bond donors (Lipinski definition) is 2. The highest BCUT2D eigenvalue weighted by molar-refractivity contribution is 5.89. The molecule has 0 aliphatic carbocycles. The fraction of sp³-hybridized carbons (Fsp3) is 0.417. The van der Waals surface area contributed by atoms with Crippen LogP contribution in [0.3, 0.4) is 0 Å². The first kappa shape index (κ1) is 20.9. The molecule has 1 heterocycles. The van der Waals surface area contributed by atoms with Gasteiger partial charge in [-0.2, -0.15) is 0 Å². The van der Waals surface area contributed by atoms with E-state index >= 15 is 0 Å². The molecular weight excluding hydrogens is 362 g/mol. The number of carbonyl (C=O) groups is 2. The molecule has 1 aliphatic rings. The van der Waals surface area contributed by atoms with Gasteiger partial charge in [0.1, 0.15) is 0 Å². The minimum absolute atomic E-state index is 0.00633. The van der Waals surface area contributed by atoms with Gasteiger partial charge in [0, 0.05) is 25.2 Å². The van der Waals surface area contributed by atoms with E-state index in [1.54, 1.807) is 0 Å². The largest absolute Gasteiger partial charge is 0.350 e. The van der Waals surface area contributed by atoms with Crippen molar-refractivity contribution in [3.8, 4) is 0 Å². The Balaban J connectivity index is 1.43. The van der Waals surface area contributed by atoms with Gasteiger partial charge in [0.15, 0.2) is 0 Å². The van der Waals surface area contributed by atoms with Crippen LogP contribution in [0.2, 0.25) is 0 Å². The van der Waals surface area contributed by atoms with E-state index in [0.717, 1.165) is 37.1 Å². The molecule has 0 bridgehead atoms. The molecule has 0 saturated carbocycles. The summed E-state index contributed by atoms with van der Waals surface area (Å²) in [5, 5.41) is 6.05. The quantitative estimate of drug-likeness (QED) is 0.733. The van der Waals surface area contributed by atoms with E-state index < -0.39 is 0 Å². The van der Waals surface area contributed by atoms with E-state index in [9.17, 15) is 9.59 Å². The van der Waals surface area contributed by atoms with E-state index in [1.165, 1.54) is 5.56 Å². The van der Waals surface area contributed by atoms with Gasteiger partial charge in [0.25, 0.3) is 0 Å². The SMILES string of the molecule is Cc1ccc(NC(=O)N2CCC[C@H](CCC(=O)N[C@H](C)c3ccccc3)C2)cc1. The molecule has 2 aromatic rings. The predicted octanol–water partition coefficient (Wildman–Crippen LogP) is 4.90. The van der Waals surface area contributed by atoms with Crippen molar-refractivity contribution in [1.82, 2.24) is 10.2 Å². The Hall–Kier alpha value is -2.82. The fourth-order valence-electron chi connectivity index (χ4n) is 3.80. The van der Waals surface area contributed by atoms with Gasteiger partial charge in [-0.05, 0) is 56.7 Å². The van der Waals surface area contributed by atoms with Crippen molar-refractivity contribution in [1.29, 1.82) is 0 Å². The Morgan fingerprint density at radius 1 is 1.10 bits per heavy atom. The molecule has 0 spiro atoms. The number of carbonyl (C=O) groups excluding carboxylic acids is 2. The number of likely N-dealkylation sites (tertiary alicyclic amines) is 1. The van der Waals surface area contributed by atoms with E-state index in [0.29, 0.717) is 18.9 Å². The Morgan fingerprint density at radius 3 is 2.55 bits per heavy atom. The van der Waals surface area contributed by atoms with Crippen molar-refractivity contribution < 1.29 is 9.59 Å². The summed E-state index contributed by atoms with van der Waals surface area (Å²) in [6.45, 7) is 5.51. The number of urea groups is 1. The van der Waals surface area contributed by atoms with E-state index in [1.807, 2.05) is 73.3 Å². The predicted molar refractivity (Wildman–Crippen MR) is 117 cm³/mol. The highest BCUT2D eigenvalue weighted by Crippen LogP contribution is 2.22. The smallest absolute Gasteiger partial charge is 0.321 e. The summed E-state index contributed by atoms with van der Waals surface area (Å²) in [7, 11) is 0. The summed E-state index contributed by atoms with van der Waals surface area (Å²) in [6.07, 6.45) is 3.35. The molecule has 154 valence electrons. The summed E-state index contributed by atoms with van der Waals surface area (Å²) >= 11 is 0. The lowest BCUT2D eigenvalue weighted by atomic mass is 9.93. The minimum atomic E-state index is -0.0549. The monoisotopic (exact) mass is 393 g/mol. The summed E-state index contributed by atoms with van der Waals surface area (Å²) < 4.78 is 0. The third kappa shape index (κ3) is 6.34. The fourth-order valence-corrected chi connectivity index (χ4v) is 3.80. The van der Waals surface area contributed by atoms with Gasteiger partial charge in [-0.15, -0.1) is 0 Å². The maximum atomic E-state index is 12.6. The molecule has 5 nitrogen and oxygen atoms in total. The number of amides is 3.